The maximum atomic E-state index is 10.9. The van der Waals surface area contributed by atoms with E-state index in [9.17, 15) is 14.7 Å². The number of aliphatic carboxylic acids is 2. The van der Waals surface area contributed by atoms with Gasteiger partial charge in [0.25, 0.3) is 0 Å². The van der Waals surface area contributed by atoms with Crippen molar-refractivity contribution in [2.24, 2.45) is 0 Å². The van der Waals surface area contributed by atoms with Gasteiger partial charge < -0.3 is 15.3 Å². The van der Waals surface area contributed by atoms with Crippen LogP contribution in [0, 0.1) is 0 Å². The first-order valence-corrected chi connectivity index (χ1v) is 6.23. The zero-order valence-corrected chi connectivity index (χ0v) is 12.0. The largest absolute Gasteiger partial charge is 0.506 e. The average molecular weight is 380 g/mol. The third-order valence-corrected chi connectivity index (χ3v) is 3.12. The van der Waals surface area contributed by atoms with Crippen LogP contribution in [0.15, 0.2) is 32.7 Å². The summed E-state index contributed by atoms with van der Waals surface area (Å²) in [6.45, 7) is 0. The number of benzene rings is 1. The van der Waals surface area contributed by atoms with Gasteiger partial charge in [0.15, 0.2) is 0 Å². The Hall–Kier alpha value is -1.34. The van der Waals surface area contributed by atoms with E-state index in [1.807, 2.05) is 0 Å². The van der Waals surface area contributed by atoms with Crippen LogP contribution in [0.5, 0.6) is 5.75 Å². The molecule has 0 aliphatic carbocycles. The van der Waals surface area contributed by atoms with E-state index in [0.717, 1.165) is 0 Å². The number of carboxylic acids is 2. The molecule has 0 saturated heterocycles. The number of phenolic OH excluding ortho intramolecular Hbond substituents is 1. The number of hydrogen-bond acceptors (Lipinski definition) is 3. The zero-order valence-electron chi connectivity index (χ0n) is 8.85. The summed E-state index contributed by atoms with van der Waals surface area (Å²) in [5.74, 6) is -2.80. The summed E-state index contributed by atoms with van der Waals surface area (Å²) in [6.07, 6.45) is 0.419. The van der Waals surface area contributed by atoms with Crippen LogP contribution in [-0.4, -0.2) is 27.3 Å². The van der Waals surface area contributed by atoms with Crippen molar-refractivity contribution < 1.29 is 24.9 Å². The minimum absolute atomic E-state index is 0.115. The van der Waals surface area contributed by atoms with Crippen LogP contribution in [0.2, 0.25) is 0 Å². The first-order chi connectivity index (χ1) is 8.31. The molecule has 0 aliphatic rings. The normalized spacial score (nSPS) is 11.3. The van der Waals surface area contributed by atoms with Gasteiger partial charge in [-0.15, -0.1) is 0 Å². The van der Waals surface area contributed by atoms with Gasteiger partial charge >= 0.3 is 11.9 Å². The third kappa shape index (κ3) is 3.85. The second kappa shape index (κ2) is 6.01. The second-order valence-corrected chi connectivity index (χ2v) is 5.16. The van der Waals surface area contributed by atoms with Gasteiger partial charge in [-0.05, 0) is 28.1 Å². The monoisotopic (exact) mass is 378 g/mol. The minimum atomic E-state index is -1.35. The molecular weight excluding hydrogens is 372 g/mol. The third-order valence-electron chi connectivity index (χ3n) is 2.06. The Morgan fingerprint density at radius 3 is 2.33 bits per heavy atom. The molecule has 0 aromatic heterocycles. The van der Waals surface area contributed by atoms with Crippen LogP contribution in [0.4, 0.5) is 0 Å². The Kier molecular flexibility index (Phi) is 4.92. The lowest BCUT2D eigenvalue weighted by atomic mass is 10.0. The van der Waals surface area contributed by atoms with Gasteiger partial charge in [0.1, 0.15) is 5.75 Å². The molecule has 0 amide bonds. The fourth-order valence-corrected chi connectivity index (χ4v) is 2.61. The molecule has 3 N–H and O–H groups in total. The smallest absolute Gasteiger partial charge is 0.332 e. The maximum Gasteiger partial charge on any atom is 0.332 e. The second-order valence-electron chi connectivity index (χ2n) is 3.39. The molecule has 0 fully saturated rings. The van der Waals surface area contributed by atoms with Crippen molar-refractivity contribution in [1.29, 1.82) is 0 Å². The van der Waals surface area contributed by atoms with E-state index >= 15 is 0 Å². The van der Waals surface area contributed by atoms with Gasteiger partial charge in [-0.3, -0.25) is 0 Å². The molecule has 7 heteroatoms. The lowest BCUT2D eigenvalue weighted by molar-refractivity contribution is -0.135. The fourth-order valence-electron chi connectivity index (χ4n) is 1.30. The van der Waals surface area contributed by atoms with Gasteiger partial charge in [-0.25, -0.2) is 9.59 Å². The maximum absolute atomic E-state index is 10.9. The Morgan fingerprint density at radius 1 is 1.22 bits per heavy atom. The molecule has 96 valence electrons. The molecule has 0 heterocycles. The molecule has 18 heavy (non-hydrogen) atoms. The average Bonchev–Trinajstić information content (AvgIpc) is 2.23. The van der Waals surface area contributed by atoms with Crippen LogP contribution in [0.25, 0.3) is 0 Å². The van der Waals surface area contributed by atoms with E-state index in [1.165, 1.54) is 6.07 Å². The number of carboxylic acid groups (broad SMARTS) is 2. The highest BCUT2D eigenvalue weighted by Gasteiger charge is 2.15. The van der Waals surface area contributed by atoms with Crippen molar-refractivity contribution in [3.63, 3.8) is 0 Å². The van der Waals surface area contributed by atoms with Gasteiger partial charge in [-0.1, -0.05) is 15.9 Å². The van der Waals surface area contributed by atoms with Gasteiger partial charge in [0.2, 0.25) is 0 Å². The van der Waals surface area contributed by atoms with Crippen LogP contribution in [-0.2, 0) is 16.0 Å². The Balaban J connectivity index is 3.16. The van der Waals surface area contributed by atoms with Gasteiger partial charge in [0, 0.05) is 28.1 Å². The summed E-state index contributed by atoms with van der Waals surface area (Å²) in [6, 6.07) is 3.12. The van der Waals surface area contributed by atoms with Crippen molar-refractivity contribution in [2.45, 2.75) is 6.42 Å². The van der Waals surface area contributed by atoms with Crippen LogP contribution in [0.1, 0.15) is 5.56 Å². The zero-order chi connectivity index (χ0) is 13.9. The molecule has 0 atom stereocenters. The lowest BCUT2D eigenvalue weighted by Crippen LogP contribution is -2.07. The summed E-state index contributed by atoms with van der Waals surface area (Å²) in [5, 5.41) is 27.2. The van der Waals surface area contributed by atoms with Crippen molar-refractivity contribution in [3.8, 4) is 5.75 Å². The van der Waals surface area contributed by atoms with Crippen molar-refractivity contribution in [1.82, 2.24) is 0 Å². The molecule has 0 radical (unpaired) electrons. The van der Waals surface area contributed by atoms with Crippen molar-refractivity contribution in [3.05, 3.63) is 38.3 Å². The van der Waals surface area contributed by atoms with E-state index in [1.54, 1.807) is 6.07 Å². The molecule has 0 spiro atoms. The van der Waals surface area contributed by atoms with Crippen LogP contribution in [0.3, 0.4) is 0 Å². The van der Waals surface area contributed by atoms with Crippen LogP contribution >= 0.6 is 31.9 Å². The van der Waals surface area contributed by atoms with E-state index in [2.05, 4.69) is 31.9 Å². The summed E-state index contributed by atoms with van der Waals surface area (Å²) in [4.78, 5) is 21.4. The SMILES string of the molecule is O=C(O)C=C(Cc1cc(Br)cc(Br)c1O)C(=O)O. The van der Waals surface area contributed by atoms with E-state index in [-0.39, 0.29) is 17.7 Å². The van der Waals surface area contributed by atoms with Gasteiger partial charge in [0.05, 0.1) is 4.47 Å². The van der Waals surface area contributed by atoms with E-state index in [0.29, 0.717) is 20.6 Å². The van der Waals surface area contributed by atoms with Crippen LogP contribution < -0.4 is 0 Å². The molecular formula is C11H8Br2O5. The predicted molar refractivity (Wildman–Crippen MR) is 70.6 cm³/mol. The van der Waals surface area contributed by atoms with Crippen molar-refractivity contribution >= 4 is 43.8 Å². The molecule has 5 nitrogen and oxygen atoms in total. The van der Waals surface area contributed by atoms with E-state index < -0.39 is 11.9 Å². The molecule has 0 saturated carbocycles. The number of hydrogen-bond donors (Lipinski definition) is 3. The highest BCUT2D eigenvalue weighted by Crippen LogP contribution is 2.33. The van der Waals surface area contributed by atoms with Crippen molar-refractivity contribution in [2.75, 3.05) is 0 Å². The number of rotatable bonds is 4. The number of halogens is 2. The van der Waals surface area contributed by atoms with Gasteiger partial charge in [-0.2, -0.15) is 0 Å². The first-order valence-electron chi connectivity index (χ1n) is 4.65. The topological polar surface area (TPSA) is 94.8 Å². The number of carbonyl (C=O) groups is 2. The summed E-state index contributed by atoms with van der Waals surface area (Å²) in [5.41, 5.74) is -0.00560. The summed E-state index contributed by atoms with van der Waals surface area (Å²) >= 11 is 6.31. The molecule has 0 aliphatic heterocycles. The highest BCUT2D eigenvalue weighted by molar-refractivity contribution is 9.11. The summed E-state index contributed by atoms with van der Waals surface area (Å²) in [7, 11) is 0. The molecule has 1 aromatic carbocycles. The first kappa shape index (κ1) is 14.7. The quantitative estimate of drug-likeness (QED) is 0.699. The standard InChI is InChI=1S/C11H8Br2O5/c12-7-2-5(10(16)8(13)4-7)1-6(11(17)18)3-9(14)15/h2-4,16H,1H2,(H,14,15)(H,17,18). The lowest BCUT2D eigenvalue weighted by Gasteiger charge is -2.07. The Morgan fingerprint density at radius 2 is 1.83 bits per heavy atom. The van der Waals surface area contributed by atoms with E-state index in [4.69, 9.17) is 10.2 Å². The summed E-state index contributed by atoms with van der Waals surface area (Å²) < 4.78 is 1.04. The molecule has 0 unspecified atom stereocenters. The molecule has 1 rings (SSSR count). The highest BCUT2D eigenvalue weighted by atomic mass is 79.9. The predicted octanol–water partition coefficient (Wildman–Crippen LogP) is 2.56. The minimum Gasteiger partial charge on any atom is -0.506 e. The molecule has 1 aromatic rings. The number of phenols is 1. The number of aromatic hydroxyl groups is 1. The molecule has 0 bridgehead atoms. The Bertz CT molecular complexity index is 536. The Labute approximate surface area is 119 Å². The fraction of sp³-hybridized carbons (Fsp3) is 0.0909.